The summed E-state index contributed by atoms with van der Waals surface area (Å²) in [6.45, 7) is 1.75. The van der Waals surface area contributed by atoms with Crippen LogP contribution in [0, 0.1) is 5.82 Å². The quantitative estimate of drug-likeness (QED) is 0.798. The lowest BCUT2D eigenvalue weighted by molar-refractivity contribution is -0.117. The maximum Gasteiger partial charge on any atom is 0.251 e. The van der Waals surface area contributed by atoms with Gasteiger partial charge in [-0.05, 0) is 25.1 Å². The molecule has 0 heterocycles. The summed E-state index contributed by atoms with van der Waals surface area (Å²) in [7, 11) is 4.31. The number of methoxy groups -OCH3 is 3. The van der Waals surface area contributed by atoms with Gasteiger partial charge in [-0.25, -0.2) is 4.39 Å². The molecule has 0 aliphatic carbocycles. The Bertz CT molecular complexity index is 435. The third-order valence-electron chi connectivity index (χ3n) is 2.64. The highest BCUT2D eigenvalue weighted by molar-refractivity contribution is 5.94. The third kappa shape index (κ3) is 3.90. The van der Waals surface area contributed by atoms with Gasteiger partial charge in [0.2, 0.25) is 0 Å². The van der Waals surface area contributed by atoms with Gasteiger partial charge in [-0.3, -0.25) is 4.79 Å². The summed E-state index contributed by atoms with van der Waals surface area (Å²) in [5, 5.41) is 2.70. The maximum absolute atomic E-state index is 13.2. The van der Waals surface area contributed by atoms with E-state index < -0.39 is 12.1 Å². The van der Waals surface area contributed by atoms with Crippen molar-refractivity contribution in [3.05, 3.63) is 29.6 Å². The molecule has 6 heteroatoms. The topological polar surface area (TPSA) is 56.8 Å². The predicted octanol–water partition coefficient (Wildman–Crippen LogP) is 1.57. The van der Waals surface area contributed by atoms with Crippen LogP contribution < -0.4 is 10.1 Å². The number of hydrogen-bond acceptors (Lipinski definition) is 4. The van der Waals surface area contributed by atoms with Crippen LogP contribution in [0.3, 0.4) is 0 Å². The molecule has 1 aromatic carbocycles. The van der Waals surface area contributed by atoms with Gasteiger partial charge in [0.15, 0.2) is 17.9 Å². The second-order valence-corrected chi connectivity index (χ2v) is 3.95. The van der Waals surface area contributed by atoms with Gasteiger partial charge in [-0.1, -0.05) is 0 Å². The van der Waals surface area contributed by atoms with Crippen molar-refractivity contribution >= 4 is 5.91 Å². The van der Waals surface area contributed by atoms with Gasteiger partial charge in [0.25, 0.3) is 5.91 Å². The van der Waals surface area contributed by atoms with Crippen LogP contribution in [0.4, 0.5) is 4.39 Å². The second kappa shape index (κ2) is 7.06. The van der Waals surface area contributed by atoms with E-state index >= 15 is 0 Å². The SMILES string of the molecule is COc1cc(C(=O)NC(C)C(OC)OC)ccc1F. The molecule has 0 fully saturated rings. The number of rotatable bonds is 6. The van der Waals surface area contributed by atoms with Crippen molar-refractivity contribution in [2.24, 2.45) is 0 Å². The zero-order valence-corrected chi connectivity index (χ0v) is 11.4. The van der Waals surface area contributed by atoms with Crippen molar-refractivity contribution in [3.8, 4) is 5.75 Å². The molecule has 1 rings (SSSR count). The fourth-order valence-electron chi connectivity index (χ4n) is 1.66. The summed E-state index contributed by atoms with van der Waals surface area (Å²) in [5.41, 5.74) is 0.302. The standard InChI is InChI=1S/C13H18FNO4/c1-8(13(18-3)19-4)15-12(16)9-5-6-10(14)11(7-9)17-2/h5-8,13H,1-4H3,(H,15,16). The summed E-state index contributed by atoms with van der Waals surface area (Å²) in [4.78, 5) is 12.0. The van der Waals surface area contributed by atoms with Gasteiger partial charge < -0.3 is 19.5 Å². The molecule has 0 aliphatic rings. The monoisotopic (exact) mass is 271 g/mol. The maximum atomic E-state index is 13.2. The summed E-state index contributed by atoms with van der Waals surface area (Å²) in [6, 6.07) is 3.56. The van der Waals surface area contributed by atoms with E-state index in [-0.39, 0.29) is 17.7 Å². The van der Waals surface area contributed by atoms with E-state index in [1.807, 2.05) is 0 Å². The Hall–Kier alpha value is -1.66. The number of amides is 1. The number of halogens is 1. The Morgan fingerprint density at radius 3 is 2.42 bits per heavy atom. The molecule has 1 unspecified atom stereocenters. The molecule has 0 saturated heterocycles. The minimum atomic E-state index is -0.550. The average molecular weight is 271 g/mol. The lowest BCUT2D eigenvalue weighted by Gasteiger charge is -2.22. The smallest absolute Gasteiger partial charge is 0.251 e. The van der Waals surface area contributed by atoms with E-state index in [1.165, 1.54) is 39.5 Å². The Balaban J connectivity index is 2.78. The molecule has 0 spiro atoms. The fraction of sp³-hybridized carbons (Fsp3) is 0.462. The second-order valence-electron chi connectivity index (χ2n) is 3.95. The van der Waals surface area contributed by atoms with Crippen LogP contribution in [0.25, 0.3) is 0 Å². The number of benzene rings is 1. The first-order valence-electron chi connectivity index (χ1n) is 5.73. The van der Waals surface area contributed by atoms with Crippen LogP contribution in [0.15, 0.2) is 18.2 Å². The lowest BCUT2D eigenvalue weighted by Crippen LogP contribution is -2.42. The summed E-state index contributed by atoms with van der Waals surface area (Å²) in [6.07, 6.45) is -0.550. The van der Waals surface area contributed by atoms with Gasteiger partial charge in [0.05, 0.1) is 13.2 Å². The molecule has 19 heavy (non-hydrogen) atoms. The summed E-state index contributed by atoms with van der Waals surface area (Å²) >= 11 is 0. The predicted molar refractivity (Wildman–Crippen MR) is 67.7 cm³/mol. The summed E-state index contributed by atoms with van der Waals surface area (Å²) in [5.74, 6) is -0.848. The Labute approximate surface area is 111 Å². The molecule has 0 bridgehead atoms. The van der Waals surface area contributed by atoms with Crippen LogP contribution in [-0.4, -0.2) is 39.6 Å². The van der Waals surface area contributed by atoms with Crippen molar-refractivity contribution in [1.29, 1.82) is 0 Å². The van der Waals surface area contributed by atoms with Crippen LogP contribution in [0.1, 0.15) is 17.3 Å². The van der Waals surface area contributed by atoms with Crippen molar-refractivity contribution in [2.45, 2.75) is 19.3 Å². The molecule has 1 N–H and O–H groups in total. The number of hydrogen-bond donors (Lipinski definition) is 1. The first-order valence-corrected chi connectivity index (χ1v) is 5.73. The first kappa shape index (κ1) is 15.4. The first-order chi connectivity index (χ1) is 9.03. The number of nitrogens with one attached hydrogen (secondary N) is 1. The van der Waals surface area contributed by atoms with Gasteiger partial charge in [0, 0.05) is 19.8 Å². The lowest BCUT2D eigenvalue weighted by atomic mass is 10.2. The highest BCUT2D eigenvalue weighted by Crippen LogP contribution is 2.18. The van der Waals surface area contributed by atoms with Gasteiger partial charge in [-0.15, -0.1) is 0 Å². The van der Waals surface area contributed by atoms with E-state index in [0.29, 0.717) is 5.56 Å². The average Bonchev–Trinajstić information content (AvgIpc) is 2.40. The van der Waals surface area contributed by atoms with E-state index in [9.17, 15) is 9.18 Å². The van der Waals surface area contributed by atoms with Crippen LogP contribution in [-0.2, 0) is 9.47 Å². The van der Waals surface area contributed by atoms with Crippen LogP contribution >= 0.6 is 0 Å². The molecule has 106 valence electrons. The fourth-order valence-corrected chi connectivity index (χ4v) is 1.66. The molecular weight excluding hydrogens is 253 g/mol. The Morgan fingerprint density at radius 1 is 1.26 bits per heavy atom. The van der Waals surface area contributed by atoms with Crippen molar-refractivity contribution < 1.29 is 23.4 Å². The Kier molecular flexibility index (Phi) is 5.72. The van der Waals surface area contributed by atoms with Crippen LogP contribution in [0.2, 0.25) is 0 Å². The molecule has 0 aromatic heterocycles. The molecule has 1 amide bonds. The van der Waals surface area contributed by atoms with E-state index in [1.54, 1.807) is 6.92 Å². The van der Waals surface area contributed by atoms with Crippen LogP contribution in [0.5, 0.6) is 5.75 Å². The summed E-state index contributed by atoms with van der Waals surface area (Å²) < 4.78 is 28.1. The molecule has 0 aliphatic heterocycles. The Morgan fingerprint density at radius 2 is 1.89 bits per heavy atom. The third-order valence-corrected chi connectivity index (χ3v) is 2.64. The van der Waals surface area contributed by atoms with Gasteiger partial charge in [-0.2, -0.15) is 0 Å². The minimum absolute atomic E-state index is 0.0235. The van der Waals surface area contributed by atoms with Crippen molar-refractivity contribution in [3.63, 3.8) is 0 Å². The molecule has 1 atom stereocenters. The zero-order chi connectivity index (χ0) is 14.4. The highest BCUT2D eigenvalue weighted by atomic mass is 19.1. The number of carbonyl (C=O) groups is 1. The number of carbonyl (C=O) groups excluding carboxylic acids is 1. The molecular formula is C13H18FNO4. The van der Waals surface area contributed by atoms with Gasteiger partial charge >= 0.3 is 0 Å². The molecule has 1 aromatic rings. The van der Waals surface area contributed by atoms with E-state index in [0.717, 1.165) is 0 Å². The van der Waals surface area contributed by atoms with E-state index in [4.69, 9.17) is 14.2 Å². The normalized spacial score (nSPS) is 12.3. The largest absolute Gasteiger partial charge is 0.494 e. The van der Waals surface area contributed by atoms with Gasteiger partial charge in [0.1, 0.15) is 0 Å². The molecule has 5 nitrogen and oxygen atoms in total. The van der Waals surface area contributed by atoms with Crippen molar-refractivity contribution in [1.82, 2.24) is 5.32 Å². The minimum Gasteiger partial charge on any atom is -0.494 e. The molecule has 0 radical (unpaired) electrons. The van der Waals surface area contributed by atoms with Crippen molar-refractivity contribution in [2.75, 3.05) is 21.3 Å². The molecule has 0 saturated carbocycles. The zero-order valence-electron chi connectivity index (χ0n) is 11.4. The van der Waals surface area contributed by atoms with E-state index in [2.05, 4.69) is 5.32 Å². The highest BCUT2D eigenvalue weighted by Gasteiger charge is 2.19. The number of ether oxygens (including phenoxy) is 3.